The second kappa shape index (κ2) is 10.1. The van der Waals surface area contributed by atoms with Crippen LogP contribution in [0.3, 0.4) is 0 Å². The van der Waals surface area contributed by atoms with Gasteiger partial charge in [0.1, 0.15) is 6.33 Å². The average Bonchev–Trinajstić information content (AvgIpc) is 2.68. The third kappa shape index (κ3) is 5.82. The molecule has 0 aliphatic carbocycles. The molecule has 0 radical (unpaired) electrons. The second-order valence-electron chi connectivity index (χ2n) is 7.43. The van der Waals surface area contributed by atoms with E-state index >= 15 is 0 Å². The molecule has 0 spiro atoms. The molecule has 1 heterocycles. The fourth-order valence-electron chi connectivity index (χ4n) is 2.96. The van der Waals surface area contributed by atoms with Crippen molar-refractivity contribution >= 4 is 5.91 Å². The first kappa shape index (κ1) is 22.5. The summed E-state index contributed by atoms with van der Waals surface area (Å²) in [6.07, 6.45) is 3.27. The second-order valence-corrected chi connectivity index (χ2v) is 7.43. The first-order chi connectivity index (χ1) is 13.8. The van der Waals surface area contributed by atoms with Gasteiger partial charge in [-0.2, -0.15) is 0 Å². The third-order valence-corrected chi connectivity index (χ3v) is 4.11. The Hall–Kier alpha value is -2.83. The van der Waals surface area contributed by atoms with Crippen LogP contribution in [0, 0.1) is 0 Å². The maximum Gasteiger partial charge on any atom is 0.251 e. The Balaban J connectivity index is 2.29. The van der Waals surface area contributed by atoms with Crippen LogP contribution < -0.4 is 19.5 Å². The van der Waals surface area contributed by atoms with Gasteiger partial charge in [0.2, 0.25) is 5.75 Å². The molecule has 0 bridgehead atoms. The fourth-order valence-corrected chi connectivity index (χ4v) is 2.96. The summed E-state index contributed by atoms with van der Waals surface area (Å²) in [5.74, 6) is 1.26. The molecule has 29 heavy (non-hydrogen) atoms. The van der Waals surface area contributed by atoms with Crippen molar-refractivity contribution in [1.29, 1.82) is 0 Å². The zero-order chi connectivity index (χ0) is 21.4. The van der Waals surface area contributed by atoms with Crippen LogP contribution in [0.25, 0.3) is 0 Å². The third-order valence-electron chi connectivity index (χ3n) is 4.11. The van der Waals surface area contributed by atoms with Crippen molar-refractivity contribution in [3.63, 3.8) is 0 Å². The Kier molecular flexibility index (Phi) is 7.82. The largest absolute Gasteiger partial charge is 0.490 e. The van der Waals surface area contributed by atoms with Gasteiger partial charge in [-0.15, -0.1) is 0 Å². The van der Waals surface area contributed by atoms with E-state index < -0.39 is 0 Å². The van der Waals surface area contributed by atoms with Gasteiger partial charge >= 0.3 is 0 Å². The van der Waals surface area contributed by atoms with Gasteiger partial charge in [-0.1, -0.05) is 20.8 Å². The van der Waals surface area contributed by atoms with Gasteiger partial charge in [-0.05, 0) is 32.9 Å². The predicted octanol–water partition coefficient (Wildman–Crippen LogP) is 3.90. The van der Waals surface area contributed by atoms with E-state index in [-0.39, 0.29) is 11.3 Å². The van der Waals surface area contributed by atoms with Gasteiger partial charge in [-0.3, -0.25) is 4.79 Å². The van der Waals surface area contributed by atoms with Crippen LogP contribution in [0.2, 0.25) is 0 Å². The molecule has 0 saturated carbocycles. The lowest BCUT2D eigenvalue weighted by atomic mass is 9.89. The highest BCUT2D eigenvalue weighted by molar-refractivity contribution is 5.95. The van der Waals surface area contributed by atoms with Crippen LogP contribution in [-0.2, 0) is 12.0 Å². The van der Waals surface area contributed by atoms with Gasteiger partial charge in [0.25, 0.3) is 5.91 Å². The highest BCUT2D eigenvalue weighted by Gasteiger charge is 2.21. The van der Waals surface area contributed by atoms with E-state index in [2.05, 4.69) is 36.1 Å². The summed E-state index contributed by atoms with van der Waals surface area (Å²) < 4.78 is 17.1. The van der Waals surface area contributed by atoms with E-state index in [0.29, 0.717) is 49.2 Å². The van der Waals surface area contributed by atoms with Gasteiger partial charge in [0, 0.05) is 29.3 Å². The van der Waals surface area contributed by atoms with E-state index in [1.165, 1.54) is 6.33 Å². The summed E-state index contributed by atoms with van der Waals surface area (Å²) in [7, 11) is 0. The lowest BCUT2D eigenvalue weighted by Gasteiger charge is -2.21. The van der Waals surface area contributed by atoms with Crippen LogP contribution in [0.1, 0.15) is 63.2 Å². The van der Waals surface area contributed by atoms with Crippen LogP contribution in [-0.4, -0.2) is 35.7 Å². The van der Waals surface area contributed by atoms with E-state index in [4.69, 9.17) is 14.2 Å². The molecule has 2 aromatic rings. The van der Waals surface area contributed by atoms with E-state index in [1.807, 2.05) is 20.8 Å². The molecule has 0 aliphatic rings. The number of rotatable bonds is 9. The maximum absolute atomic E-state index is 12.9. The number of hydrogen-bond acceptors (Lipinski definition) is 6. The average molecular weight is 402 g/mol. The number of carbonyl (C=O) groups is 1. The SMILES string of the molecule is CCOc1cc(C(=O)NCc2cncnc2C(C)(C)C)cc(OCC)c1OCC. The molecule has 0 saturated heterocycles. The summed E-state index contributed by atoms with van der Waals surface area (Å²) in [6, 6.07) is 3.36. The molecule has 7 nitrogen and oxygen atoms in total. The quantitative estimate of drug-likeness (QED) is 0.686. The molecule has 1 aromatic carbocycles. The van der Waals surface area contributed by atoms with Crippen LogP contribution >= 0.6 is 0 Å². The van der Waals surface area contributed by atoms with E-state index in [1.54, 1.807) is 18.3 Å². The smallest absolute Gasteiger partial charge is 0.251 e. The van der Waals surface area contributed by atoms with Crippen molar-refractivity contribution in [2.24, 2.45) is 0 Å². The fraction of sp³-hybridized carbons (Fsp3) is 0.500. The number of nitrogens with one attached hydrogen (secondary N) is 1. The molecular formula is C22H31N3O4. The van der Waals surface area contributed by atoms with Crippen molar-refractivity contribution < 1.29 is 19.0 Å². The molecule has 1 amide bonds. The highest BCUT2D eigenvalue weighted by Crippen LogP contribution is 2.39. The van der Waals surface area contributed by atoms with Gasteiger partial charge in [0.15, 0.2) is 11.5 Å². The Labute approximate surface area is 172 Å². The standard InChI is InChI=1S/C22H31N3O4/c1-7-27-17-10-15(11-18(28-8-2)19(17)29-9-3)21(26)24-13-16-12-23-14-25-20(16)22(4,5)6/h10-12,14H,7-9,13H2,1-6H3,(H,24,26). The van der Waals surface area contributed by atoms with Crippen LogP contribution in [0.4, 0.5) is 0 Å². The Morgan fingerprint density at radius 1 is 1.00 bits per heavy atom. The Morgan fingerprint density at radius 3 is 2.10 bits per heavy atom. The van der Waals surface area contributed by atoms with Crippen LogP contribution in [0.5, 0.6) is 17.2 Å². The molecule has 0 atom stereocenters. The molecule has 158 valence electrons. The molecular weight excluding hydrogens is 370 g/mol. The minimum atomic E-state index is -0.237. The molecule has 2 rings (SSSR count). The number of hydrogen-bond donors (Lipinski definition) is 1. The topological polar surface area (TPSA) is 82.6 Å². The van der Waals surface area contributed by atoms with E-state index in [0.717, 1.165) is 11.3 Å². The Bertz CT molecular complexity index is 804. The lowest BCUT2D eigenvalue weighted by Crippen LogP contribution is -2.26. The summed E-state index contributed by atoms with van der Waals surface area (Å²) >= 11 is 0. The first-order valence-corrected chi connectivity index (χ1v) is 9.95. The van der Waals surface area contributed by atoms with Crippen molar-refractivity contribution in [1.82, 2.24) is 15.3 Å². The van der Waals surface area contributed by atoms with E-state index in [9.17, 15) is 4.79 Å². The normalized spacial score (nSPS) is 11.1. The molecule has 1 aromatic heterocycles. The summed E-state index contributed by atoms with van der Waals surface area (Å²) in [6.45, 7) is 13.6. The van der Waals surface area contributed by atoms with Gasteiger partial charge in [0.05, 0.1) is 25.5 Å². The zero-order valence-corrected chi connectivity index (χ0v) is 18.2. The maximum atomic E-state index is 12.9. The molecule has 0 unspecified atom stereocenters. The van der Waals surface area contributed by atoms with Gasteiger partial charge < -0.3 is 19.5 Å². The molecule has 0 aliphatic heterocycles. The van der Waals surface area contributed by atoms with Gasteiger partial charge in [-0.25, -0.2) is 9.97 Å². The molecule has 0 fully saturated rings. The van der Waals surface area contributed by atoms with Crippen molar-refractivity contribution in [3.05, 3.63) is 41.5 Å². The number of benzene rings is 1. The summed E-state index contributed by atoms with van der Waals surface area (Å²) in [5.41, 5.74) is 2.08. The minimum absolute atomic E-state index is 0.146. The van der Waals surface area contributed by atoms with Crippen molar-refractivity contribution in [2.75, 3.05) is 19.8 Å². The number of aromatic nitrogens is 2. The van der Waals surface area contributed by atoms with Crippen LogP contribution in [0.15, 0.2) is 24.7 Å². The van der Waals surface area contributed by atoms with Crippen molar-refractivity contribution in [3.8, 4) is 17.2 Å². The lowest BCUT2D eigenvalue weighted by molar-refractivity contribution is 0.0949. The summed E-state index contributed by atoms with van der Waals surface area (Å²) in [4.78, 5) is 21.3. The summed E-state index contributed by atoms with van der Waals surface area (Å²) in [5, 5.41) is 2.95. The predicted molar refractivity (Wildman–Crippen MR) is 112 cm³/mol. The number of nitrogens with zero attached hydrogens (tertiary/aromatic N) is 2. The minimum Gasteiger partial charge on any atom is -0.490 e. The number of amides is 1. The molecule has 7 heteroatoms. The highest BCUT2D eigenvalue weighted by atomic mass is 16.5. The first-order valence-electron chi connectivity index (χ1n) is 9.95. The number of ether oxygens (including phenoxy) is 3. The Morgan fingerprint density at radius 2 is 1.59 bits per heavy atom. The van der Waals surface area contributed by atoms with Crippen molar-refractivity contribution in [2.45, 2.75) is 53.5 Å². The monoisotopic (exact) mass is 401 g/mol. The molecule has 1 N–H and O–H groups in total. The zero-order valence-electron chi connectivity index (χ0n) is 18.2. The number of carbonyl (C=O) groups excluding carboxylic acids is 1.